The zero-order valence-electron chi connectivity index (χ0n) is 13.5. The molecule has 7 heteroatoms. The number of hydrogen-bond acceptors (Lipinski definition) is 5. The van der Waals surface area contributed by atoms with E-state index in [4.69, 9.17) is 5.73 Å². The maximum atomic E-state index is 12.5. The Bertz CT molecular complexity index is 793. The van der Waals surface area contributed by atoms with Crippen molar-refractivity contribution < 1.29 is 0 Å². The average molecular weight is 351 g/mol. The van der Waals surface area contributed by atoms with E-state index in [1.54, 1.807) is 11.3 Å². The number of thiophene rings is 1. The Morgan fingerprint density at radius 1 is 1.57 bits per heavy atom. The Morgan fingerprint density at radius 2 is 2.39 bits per heavy atom. The van der Waals surface area contributed by atoms with Gasteiger partial charge in [0.25, 0.3) is 5.56 Å². The SMILES string of the molecule is CCCN=C(N)SCc1nc2sc3c(c2c(=O)[nH]1)CC[C@H](C)C3. The maximum absolute atomic E-state index is 12.5. The van der Waals surface area contributed by atoms with Gasteiger partial charge >= 0.3 is 0 Å². The summed E-state index contributed by atoms with van der Waals surface area (Å²) >= 11 is 3.10. The topological polar surface area (TPSA) is 84.1 Å². The van der Waals surface area contributed by atoms with Crippen molar-refractivity contribution in [2.75, 3.05) is 6.54 Å². The van der Waals surface area contributed by atoms with Crippen LogP contribution in [0.25, 0.3) is 10.2 Å². The number of H-pyrrole nitrogens is 1. The van der Waals surface area contributed by atoms with E-state index < -0.39 is 0 Å². The summed E-state index contributed by atoms with van der Waals surface area (Å²) in [4.78, 5) is 26.5. The summed E-state index contributed by atoms with van der Waals surface area (Å²) in [6.45, 7) is 5.07. The minimum Gasteiger partial charge on any atom is -0.379 e. The van der Waals surface area contributed by atoms with Crippen LogP contribution in [0.3, 0.4) is 0 Å². The third kappa shape index (κ3) is 3.61. The summed E-state index contributed by atoms with van der Waals surface area (Å²) in [5.74, 6) is 1.91. The fourth-order valence-electron chi connectivity index (χ4n) is 2.87. The second-order valence-corrected chi connectivity index (χ2v) is 8.13. The molecule has 5 nitrogen and oxygen atoms in total. The summed E-state index contributed by atoms with van der Waals surface area (Å²) in [6, 6.07) is 0. The monoisotopic (exact) mass is 350 g/mol. The lowest BCUT2D eigenvalue weighted by atomic mass is 9.89. The highest BCUT2D eigenvalue weighted by Crippen LogP contribution is 2.35. The molecule has 0 fully saturated rings. The molecule has 0 saturated carbocycles. The van der Waals surface area contributed by atoms with Gasteiger partial charge in [-0.2, -0.15) is 0 Å². The molecule has 0 aromatic carbocycles. The van der Waals surface area contributed by atoms with Crippen molar-refractivity contribution in [1.29, 1.82) is 0 Å². The molecule has 0 aliphatic heterocycles. The molecule has 3 rings (SSSR count). The minimum absolute atomic E-state index is 0.0123. The molecule has 0 radical (unpaired) electrons. The Hall–Kier alpha value is -1.34. The van der Waals surface area contributed by atoms with Gasteiger partial charge in [-0.3, -0.25) is 9.79 Å². The predicted molar refractivity (Wildman–Crippen MR) is 99.5 cm³/mol. The first-order valence-electron chi connectivity index (χ1n) is 8.04. The minimum atomic E-state index is -0.0123. The largest absolute Gasteiger partial charge is 0.379 e. The van der Waals surface area contributed by atoms with Crippen molar-refractivity contribution >= 4 is 38.5 Å². The molecule has 3 N–H and O–H groups in total. The van der Waals surface area contributed by atoms with Crippen LogP contribution >= 0.6 is 23.1 Å². The summed E-state index contributed by atoms with van der Waals surface area (Å²) in [5, 5.41) is 1.35. The highest BCUT2D eigenvalue weighted by molar-refractivity contribution is 8.13. The standard InChI is InChI=1S/C16H22N4OS2/c1-3-6-18-16(17)22-8-12-19-14(21)13-10-5-4-9(2)7-11(10)23-15(13)20-12/h9H,3-8H2,1-2H3,(H2,17,18)(H,19,20,21)/t9-/m0/s1. The lowest BCUT2D eigenvalue weighted by molar-refractivity contribution is 0.509. The number of nitrogens with two attached hydrogens (primary N) is 1. The quantitative estimate of drug-likeness (QED) is 0.655. The molecular weight excluding hydrogens is 328 g/mol. The van der Waals surface area contributed by atoms with Crippen LogP contribution in [-0.4, -0.2) is 21.7 Å². The van der Waals surface area contributed by atoms with Gasteiger partial charge in [-0.25, -0.2) is 4.98 Å². The zero-order chi connectivity index (χ0) is 16.4. The molecule has 0 amide bonds. The Balaban J connectivity index is 1.86. The molecule has 1 aliphatic rings. The van der Waals surface area contributed by atoms with Crippen LogP contribution in [-0.2, 0) is 18.6 Å². The summed E-state index contributed by atoms with van der Waals surface area (Å²) in [7, 11) is 0. The van der Waals surface area contributed by atoms with E-state index in [-0.39, 0.29) is 5.56 Å². The average Bonchev–Trinajstić information content (AvgIpc) is 2.88. The molecule has 1 atom stereocenters. The van der Waals surface area contributed by atoms with Gasteiger partial charge in [0.05, 0.1) is 11.1 Å². The Kier molecular flexibility index (Phi) is 5.06. The second kappa shape index (κ2) is 7.05. The predicted octanol–water partition coefficient (Wildman–Crippen LogP) is 3.07. The number of thioether (sulfide) groups is 1. The lowest BCUT2D eigenvalue weighted by Gasteiger charge is -2.17. The number of nitrogens with one attached hydrogen (secondary N) is 1. The van der Waals surface area contributed by atoms with Crippen LogP contribution in [0.1, 0.15) is 43.0 Å². The van der Waals surface area contributed by atoms with Gasteiger partial charge in [-0.05, 0) is 37.2 Å². The first kappa shape index (κ1) is 16.5. The molecule has 0 bridgehead atoms. The van der Waals surface area contributed by atoms with Crippen LogP contribution in [0.4, 0.5) is 0 Å². The molecule has 2 aromatic heterocycles. The molecular formula is C16H22N4OS2. The maximum Gasteiger partial charge on any atom is 0.259 e. The van der Waals surface area contributed by atoms with Crippen molar-refractivity contribution in [3.63, 3.8) is 0 Å². The van der Waals surface area contributed by atoms with Gasteiger partial charge < -0.3 is 10.7 Å². The number of rotatable bonds is 4. The zero-order valence-corrected chi connectivity index (χ0v) is 15.1. The molecule has 0 unspecified atom stereocenters. The fraction of sp³-hybridized carbons (Fsp3) is 0.562. The normalized spacial score (nSPS) is 18.3. The number of aromatic nitrogens is 2. The molecule has 2 heterocycles. The van der Waals surface area contributed by atoms with Crippen LogP contribution in [0.2, 0.25) is 0 Å². The first-order chi connectivity index (χ1) is 11.1. The van der Waals surface area contributed by atoms with E-state index in [0.717, 1.165) is 42.4 Å². The van der Waals surface area contributed by atoms with Crippen molar-refractivity contribution in [3.8, 4) is 0 Å². The third-order valence-electron chi connectivity index (χ3n) is 4.06. The smallest absolute Gasteiger partial charge is 0.259 e. The van der Waals surface area contributed by atoms with E-state index in [9.17, 15) is 4.79 Å². The number of fused-ring (bicyclic) bond motifs is 3. The second-order valence-electron chi connectivity index (χ2n) is 6.05. The van der Waals surface area contributed by atoms with E-state index in [1.165, 1.54) is 22.2 Å². The van der Waals surface area contributed by atoms with Crippen LogP contribution in [0.15, 0.2) is 9.79 Å². The first-order valence-corrected chi connectivity index (χ1v) is 9.84. The van der Waals surface area contributed by atoms with Crippen molar-refractivity contribution in [2.24, 2.45) is 16.6 Å². The Morgan fingerprint density at radius 3 is 3.17 bits per heavy atom. The van der Waals surface area contributed by atoms with Crippen molar-refractivity contribution in [3.05, 3.63) is 26.6 Å². The Labute approximate surface area is 143 Å². The fourth-order valence-corrected chi connectivity index (χ4v) is 4.88. The van der Waals surface area contributed by atoms with Crippen molar-refractivity contribution in [1.82, 2.24) is 9.97 Å². The van der Waals surface area contributed by atoms with Gasteiger partial charge in [0, 0.05) is 11.4 Å². The summed E-state index contributed by atoms with van der Waals surface area (Å²) in [5.41, 5.74) is 7.06. The highest BCUT2D eigenvalue weighted by atomic mass is 32.2. The molecule has 0 spiro atoms. The number of aliphatic imine (C=N–C) groups is 1. The van der Waals surface area contributed by atoms with Crippen LogP contribution in [0, 0.1) is 5.92 Å². The number of hydrogen-bond donors (Lipinski definition) is 2. The van der Waals surface area contributed by atoms with Crippen LogP contribution in [0.5, 0.6) is 0 Å². The molecule has 2 aromatic rings. The number of aryl methyl sites for hydroxylation is 1. The van der Waals surface area contributed by atoms with Crippen LogP contribution < -0.4 is 11.3 Å². The van der Waals surface area contributed by atoms with E-state index in [0.29, 0.717) is 22.7 Å². The summed E-state index contributed by atoms with van der Waals surface area (Å²) in [6.07, 6.45) is 4.18. The molecule has 23 heavy (non-hydrogen) atoms. The van der Waals surface area contributed by atoms with E-state index in [1.807, 2.05) is 0 Å². The van der Waals surface area contributed by atoms with Gasteiger partial charge in [-0.15, -0.1) is 11.3 Å². The summed E-state index contributed by atoms with van der Waals surface area (Å²) < 4.78 is 0. The van der Waals surface area contributed by atoms with E-state index in [2.05, 4.69) is 28.8 Å². The van der Waals surface area contributed by atoms with Crippen molar-refractivity contribution in [2.45, 2.75) is 45.3 Å². The van der Waals surface area contributed by atoms with Gasteiger partial charge in [0.1, 0.15) is 10.7 Å². The van der Waals surface area contributed by atoms with Gasteiger partial charge in [0.15, 0.2) is 5.17 Å². The highest BCUT2D eigenvalue weighted by Gasteiger charge is 2.22. The number of amidine groups is 1. The third-order valence-corrected chi connectivity index (χ3v) is 6.05. The van der Waals surface area contributed by atoms with Gasteiger partial charge in [-0.1, -0.05) is 25.6 Å². The number of nitrogens with zero attached hydrogens (tertiary/aromatic N) is 2. The molecule has 124 valence electrons. The van der Waals surface area contributed by atoms with Gasteiger partial charge in [0.2, 0.25) is 0 Å². The molecule has 0 saturated heterocycles. The van der Waals surface area contributed by atoms with E-state index >= 15 is 0 Å². The number of aromatic amines is 1. The lowest BCUT2D eigenvalue weighted by Crippen LogP contribution is -2.15. The molecule has 1 aliphatic carbocycles.